The van der Waals surface area contributed by atoms with Crippen molar-refractivity contribution in [2.24, 2.45) is 5.73 Å². The van der Waals surface area contributed by atoms with Gasteiger partial charge in [-0.2, -0.15) is 0 Å². The van der Waals surface area contributed by atoms with Crippen LogP contribution < -0.4 is 10.5 Å². The van der Waals surface area contributed by atoms with E-state index in [2.05, 4.69) is 4.40 Å². The van der Waals surface area contributed by atoms with Crippen LogP contribution in [-0.4, -0.2) is 23.0 Å². The molecule has 20 heavy (non-hydrogen) atoms. The van der Waals surface area contributed by atoms with Crippen LogP contribution in [0.1, 0.15) is 5.69 Å². The standard InChI is InChI=1S/C16H17N3O/c1-20-14-7-3-2-6-12(14)16-13(9-10-17)19-11-5-4-8-15(19)18-16/h2-8,11H,9-10,17H2,1H3. The number of fused-ring (bicyclic) bond motifs is 1. The first-order valence-electron chi connectivity index (χ1n) is 6.64. The van der Waals surface area contributed by atoms with Crippen LogP contribution >= 0.6 is 0 Å². The maximum atomic E-state index is 5.76. The van der Waals surface area contributed by atoms with Crippen LogP contribution in [0, 0.1) is 0 Å². The molecule has 0 saturated carbocycles. The van der Waals surface area contributed by atoms with Crippen LogP contribution in [0.3, 0.4) is 0 Å². The predicted molar refractivity (Wildman–Crippen MR) is 79.9 cm³/mol. The summed E-state index contributed by atoms with van der Waals surface area (Å²) in [7, 11) is 1.68. The quantitative estimate of drug-likeness (QED) is 0.790. The van der Waals surface area contributed by atoms with E-state index < -0.39 is 0 Å². The first-order valence-corrected chi connectivity index (χ1v) is 6.64. The fourth-order valence-electron chi connectivity index (χ4n) is 2.48. The third kappa shape index (κ3) is 2.04. The Kier molecular flexibility index (Phi) is 3.39. The number of hydrogen-bond donors (Lipinski definition) is 1. The van der Waals surface area contributed by atoms with Gasteiger partial charge in [0.25, 0.3) is 0 Å². The second-order valence-electron chi connectivity index (χ2n) is 4.57. The summed E-state index contributed by atoms with van der Waals surface area (Å²) in [5, 5.41) is 0. The fourth-order valence-corrected chi connectivity index (χ4v) is 2.48. The number of nitrogens with two attached hydrogens (primary N) is 1. The van der Waals surface area contributed by atoms with Crippen LogP contribution in [0.15, 0.2) is 48.7 Å². The molecule has 0 aliphatic carbocycles. The van der Waals surface area contributed by atoms with Gasteiger partial charge in [0.15, 0.2) is 0 Å². The third-order valence-electron chi connectivity index (χ3n) is 3.37. The molecule has 0 aliphatic heterocycles. The number of methoxy groups -OCH3 is 1. The summed E-state index contributed by atoms with van der Waals surface area (Å²) < 4.78 is 7.54. The SMILES string of the molecule is COc1ccccc1-c1nc2ccccn2c1CCN. The van der Waals surface area contributed by atoms with E-state index in [9.17, 15) is 0 Å². The third-order valence-corrected chi connectivity index (χ3v) is 3.37. The van der Waals surface area contributed by atoms with Crippen molar-refractivity contribution in [3.8, 4) is 17.0 Å². The van der Waals surface area contributed by atoms with Gasteiger partial charge >= 0.3 is 0 Å². The molecule has 3 rings (SSSR count). The molecule has 102 valence electrons. The number of para-hydroxylation sites is 1. The number of ether oxygens (including phenoxy) is 1. The van der Waals surface area contributed by atoms with E-state index in [1.54, 1.807) is 7.11 Å². The summed E-state index contributed by atoms with van der Waals surface area (Å²) in [4.78, 5) is 4.74. The van der Waals surface area contributed by atoms with Crippen molar-refractivity contribution in [3.63, 3.8) is 0 Å². The molecule has 2 aromatic heterocycles. The summed E-state index contributed by atoms with van der Waals surface area (Å²) in [6, 6.07) is 13.9. The van der Waals surface area contributed by atoms with E-state index in [0.29, 0.717) is 6.54 Å². The number of imidazole rings is 1. The number of rotatable bonds is 4. The maximum Gasteiger partial charge on any atom is 0.137 e. The molecule has 0 fully saturated rings. The Morgan fingerprint density at radius 2 is 1.95 bits per heavy atom. The van der Waals surface area contributed by atoms with Crippen LogP contribution in [0.4, 0.5) is 0 Å². The zero-order valence-corrected chi connectivity index (χ0v) is 11.4. The lowest BCUT2D eigenvalue weighted by molar-refractivity contribution is 0.416. The molecule has 2 N–H and O–H groups in total. The molecule has 3 aromatic rings. The molecule has 1 aromatic carbocycles. The molecule has 0 unspecified atom stereocenters. The van der Waals surface area contributed by atoms with Gasteiger partial charge in [0.2, 0.25) is 0 Å². The fraction of sp³-hybridized carbons (Fsp3) is 0.188. The lowest BCUT2D eigenvalue weighted by atomic mass is 10.1. The Labute approximate surface area is 117 Å². The molecule has 0 saturated heterocycles. The minimum Gasteiger partial charge on any atom is -0.496 e. The minimum absolute atomic E-state index is 0.588. The van der Waals surface area contributed by atoms with Gasteiger partial charge in [-0.25, -0.2) is 4.98 Å². The second-order valence-corrected chi connectivity index (χ2v) is 4.57. The highest BCUT2D eigenvalue weighted by Crippen LogP contribution is 2.32. The lowest BCUT2D eigenvalue weighted by Crippen LogP contribution is -2.06. The van der Waals surface area contributed by atoms with Gasteiger partial charge in [0.1, 0.15) is 11.4 Å². The Hall–Kier alpha value is -2.33. The number of benzene rings is 1. The van der Waals surface area contributed by atoms with E-state index in [0.717, 1.165) is 34.8 Å². The van der Waals surface area contributed by atoms with Gasteiger partial charge in [-0.3, -0.25) is 0 Å². The summed E-state index contributed by atoms with van der Waals surface area (Å²) in [5.74, 6) is 0.828. The van der Waals surface area contributed by atoms with E-state index in [1.165, 1.54) is 0 Å². The molecule has 4 heteroatoms. The van der Waals surface area contributed by atoms with Crippen molar-refractivity contribution in [1.82, 2.24) is 9.38 Å². The van der Waals surface area contributed by atoms with Gasteiger partial charge in [-0.05, 0) is 30.8 Å². The Bertz CT molecular complexity index is 733. The van der Waals surface area contributed by atoms with Crippen LogP contribution in [0.2, 0.25) is 0 Å². The summed E-state index contributed by atoms with van der Waals surface area (Å²) in [6.07, 6.45) is 2.80. The van der Waals surface area contributed by atoms with Crippen molar-refractivity contribution >= 4 is 5.65 Å². The van der Waals surface area contributed by atoms with E-state index in [1.807, 2.05) is 48.7 Å². The highest BCUT2D eigenvalue weighted by Gasteiger charge is 2.16. The smallest absolute Gasteiger partial charge is 0.137 e. The second kappa shape index (κ2) is 5.35. The van der Waals surface area contributed by atoms with Crippen molar-refractivity contribution in [3.05, 3.63) is 54.4 Å². The van der Waals surface area contributed by atoms with Gasteiger partial charge < -0.3 is 14.9 Å². The summed E-state index contributed by atoms with van der Waals surface area (Å²) >= 11 is 0. The normalized spacial score (nSPS) is 10.9. The van der Waals surface area contributed by atoms with Gasteiger partial charge in [-0.15, -0.1) is 0 Å². The molecule has 0 spiro atoms. The maximum absolute atomic E-state index is 5.76. The highest BCUT2D eigenvalue weighted by molar-refractivity contribution is 5.72. The average Bonchev–Trinajstić information content (AvgIpc) is 2.86. The predicted octanol–water partition coefficient (Wildman–Crippen LogP) is 2.51. The average molecular weight is 267 g/mol. The van der Waals surface area contributed by atoms with Gasteiger partial charge in [0.05, 0.1) is 18.5 Å². The van der Waals surface area contributed by atoms with Crippen molar-refractivity contribution in [1.29, 1.82) is 0 Å². The molecular formula is C16H17N3O. The molecule has 0 bridgehead atoms. The Morgan fingerprint density at radius 3 is 2.75 bits per heavy atom. The van der Waals surface area contributed by atoms with Crippen molar-refractivity contribution in [2.45, 2.75) is 6.42 Å². The highest BCUT2D eigenvalue weighted by atomic mass is 16.5. The molecule has 2 heterocycles. The van der Waals surface area contributed by atoms with E-state index in [-0.39, 0.29) is 0 Å². The first-order chi connectivity index (χ1) is 9.85. The largest absolute Gasteiger partial charge is 0.496 e. The van der Waals surface area contributed by atoms with E-state index in [4.69, 9.17) is 15.5 Å². The molecular weight excluding hydrogens is 250 g/mol. The topological polar surface area (TPSA) is 52.5 Å². The zero-order valence-electron chi connectivity index (χ0n) is 11.4. The number of nitrogens with zero attached hydrogens (tertiary/aromatic N) is 2. The number of aromatic nitrogens is 2. The van der Waals surface area contributed by atoms with Gasteiger partial charge in [-0.1, -0.05) is 18.2 Å². The number of pyridine rings is 1. The molecule has 0 amide bonds. The zero-order chi connectivity index (χ0) is 13.9. The number of hydrogen-bond acceptors (Lipinski definition) is 3. The molecule has 0 atom stereocenters. The van der Waals surface area contributed by atoms with Crippen LogP contribution in [0.5, 0.6) is 5.75 Å². The van der Waals surface area contributed by atoms with E-state index >= 15 is 0 Å². The molecule has 0 aliphatic rings. The summed E-state index contributed by atoms with van der Waals surface area (Å²) in [5.41, 5.74) is 9.75. The van der Waals surface area contributed by atoms with Crippen LogP contribution in [-0.2, 0) is 6.42 Å². The summed E-state index contributed by atoms with van der Waals surface area (Å²) in [6.45, 7) is 0.588. The van der Waals surface area contributed by atoms with Crippen molar-refractivity contribution < 1.29 is 4.74 Å². The molecule has 4 nitrogen and oxygen atoms in total. The minimum atomic E-state index is 0.588. The lowest BCUT2D eigenvalue weighted by Gasteiger charge is -2.08. The van der Waals surface area contributed by atoms with Crippen LogP contribution in [0.25, 0.3) is 16.9 Å². The Balaban J connectivity index is 2.27. The monoisotopic (exact) mass is 267 g/mol. The first kappa shape index (κ1) is 12.7. The van der Waals surface area contributed by atoms with Crippen molar-refractivity contribution in [2.75, 3.05) is 13.7 Å². The molecule has 0 radical (unpaired) electrons. The Morgan fingerprint density at radius 1 is 1.15 bits per heavy atom. The van der Waals surface area contributed by atoms with Gasteiger partial charge in [0, 0.05) is 18.2 Å².